The number of pyridine rings is 1. The number of nitrogens with zero attached hydrogens (tertiary/aromatic N) is 1. The van der Waals surface area contributed by atoms with E-state index in [0.717, 1.165) is 6.54 Å². The van der Waals surface area contributed by atoms with E-state index in [9.17, 15) is 0 Å². The third-order valence-electron chi connectivity index (χ3n) is 3.23. The fourth-order valence-electron chi connectivity index (χ4n) is 2.16. The molecule has 2 nitrogen and oxygen atoms in total. The Morgan fingerprint density at radius 1 is 1.25 bits per heavy atom. The highest BCUT2D eigenvalue weighted by Crippen LogP contribution is 2.27. The molecule has 0 bridgehead atoms. The minimum Gasteiger partial charge on any atom is -0.307 e. The second kappa shape index (κ2) is 3.56. The molecule has 1 N–H and O–H groups in total. The Hall–Kier alpha value is -1.41. The molecular weight excluding hydrogens is 196 g/mol. The van der Waals surface area contributed by atoms with Gasteiger partial charge in [0.2, 0.25) is 0 Å². The lowest BCUT2D eigenvalue weighted by Crippen LogP contribution is -2.36. The summed E-state index contributed by atoms with van der Waals surface area (Å²) in [6.07, 6.45) is 4.53. The number of hydrogen-bond donors (Lipinski definition) is 1. The molecule has 2 aromatic rings. The summed E-state index contributed by atoms with van der Waals surface area (Å²) in [5.74, 6) is 0. The van der Waals surface area contributed by atoms with Crippen molar-refractivity contribution in [2.75, 3.05) is 6.54 Å². The third kappa shape index (κ3) is 1.59. The van der Waals surface area contributed by atoms with Crippen LogP contribution in [0.4, 0.5) is 0 Å². The van der Waals surface area contributed by atoms with E-state index < -0.39 is 0 Å². The van der Waals surface area contributed by atoms with Crippen LogP contribution in [-0.4, -0.2) is 6.54 Å². The predicted octanol–water partition coefficient (Wildman–Crippen LogP) is 2.35. The smallest absolute Gasteiger partial charge is 0.176 e. The topological polar surface area (TPSA) is 25.8 Å². The van der Waals surface area contributed by atoms with Gasteiger partial charge in [-0.05, 0) is 25.3 Å². The molecule has 0 spiro atoms. The standard InChI is InChI=1S/C14H17N2/c1-10(2)16-8-11-5-3-4-6-12(11)13(9-16)14-7-15-14/h3-6,8-10,14-15H,7H2,1-2H3/q+1. The SMILES string of the molecule is CC(C)[n+]1cc(C2CN2)c2ccccc2c1. The average Bonchev–Trinajstić information content (AvgIpc) is 3.11. The summed E-state index contributed by atoms with van der Waals surface area (Å²) >= 11 is 0. The van der Waals surface area contributed by atoms with Gasteiger partial charge in [0, 0.05) is 17.5 Å². The van der Waals surface area contributed by atoms with Gasteiger partial charge in [-0.25, -0.2) is 4.57 Å². The van der Waals surface area contributed by atoms with Gasteiger partial charge in [-0.15, -0.1) is 0 Å². The summed E-state index contributed by atoms with van der Waals surface area (Å²) in [4.78, 5) is 0. The number of rotatable bonds is 2. The molecule has 1 atom stereocenters. The van der Waals surface area contributed by atoms with E-state index in [4.69, 9.17) is 0 Å². The van der Waals surface area contributed by atoms with Gasteiger partial charge in [0.05, 0.1) is 6.04 Å². The van der Waals surface area contributed by atoms with Crippen LogP contribution in [0, 0.1) is 0 Å². The predicted molar refractivity (Wildman–Crippen MR) is 65.3 cm³/mol. The zero-order valence-electron chi connectivity index (χ0n) is 9.77. The quantitative estimate of drug-likeness (QED) is 0.601. The Balaban J connectivity index is 2.26. The fraction of sp³-hybridized carbons (Fsp3) is 0.357. The van der Waals surface area contributed by atoms with E-state index in [0.29, 0.717) is 12.1 Å². The molecule has 1 unspecified atom stereocenters. The maximum atomic E-state index is 3.40. The lowest BCUT2D eigenvalue weighted by Gasteiger charge is -2.06. The molecule has 1 saturated heterocycles. The Morgan fingerprint density at radius 3 is 2.69 bits per heavy atom. The Morgan fingerprint density at radius 2 is 2.00 bits per heavy atom. The van der Waals surface area contributed by atoms with Gasteiger partial charge >= 0.3 is 0 Å². The summed E-state index contributed by atoms with van der Waals surface area (Å²) in [7, 11) is 0. The zero-order chi connectivity index (χ0) is 11.1. The van der Waals surface area contributed by atoms with Gasteiger partial charge in [0.15, 0.2) is 18.4 Å². The molecule has 2 heterocycles. The van der Waals surface area contributed by atoms with Crippen molar-refractivity contribution >= 4 is 10.8 Å². The molecule has 0 saturated carbocycles. The second-order valence-electron chi connectivity index (χ2n) is 4.80. The maximum absolute atomic E-state index is 3.40. The molecule has 2 heteroatoms. The number of aromatic nitrogens is 1. The van der Waals surface area contributed by atoms with Crippen molar-refractivity contribution in [1.29, 1.82) is 0 Å². The monoisotopic (exact) mass is 213 g/mol. The highest BCUT2D eigenvalue weighted by Gasteiger charge is 2.27. The van der Waals surface area contributed by atoms with Crippen LogP contribution >= 0.6 is 0 Å². The van der Waals surface area contributed by atoms with Crippen LogP contribution in [0.1, 0.15) is 31.5 Å². The molecule has 0 aliphatic carbocycles. The Labute approximate surface area is 95.9 Å². The summed E-state index contributed by atoms with van der Waals surface area (Å²) < 4.78 is 2.30. The molecule has 3 rings (SSSR count). The molecule has 1 aliphatic rings. The van der Waals surface area contributed by atoms with Crippen molar-refractivity contribution in [3.05, 3.63) is 42.2 Å². The number of hydrogen-bond acceptors (Lipinski definition) is 1. The number of benzene rings is 1. The summed E-state index contributed by atoms with van der Waals surface area (Å²) in [6, 6.07) is 9.72. The van der Waals surface area contributed by atoms with E-state index in [1.165, 1.54) is 16.3 Å². The molecule has 1 aliphatic heterocycles. The van der Waals surface area contributed by atoms with Crippen LogP contribution in [-0.2, 0) is 0 Å². The van der Waals surface area contributed by atoms with E-state index in [-0.39, 0.29) is 0 Å². The summed E-state index contributed by atoms with van der Waals surface area (Å²) in [5, 5.41) is 6.11. The molecule has 1 aromatic carbocycles. The van der Waals surface area contributed by atoms with Crippen LogP contribution in [0.2, 0.25) is 0 Å². The minimum atomic E-state index is 0.516. The van der Waals surface area contributed by atoms with Crippen LogP contribution in [0.15, 0.2) is 36.7 Å². The summed E-state index contributed by atoms with van der Waals surface area (Å²) in [5.41, 5.74) is 1.44. The maximum Gasteiger partial charge on any atom is 0.176 e. The van der Waals surface area contributed by atoms with E-state index in [2.05, 4.69) is 60.4 Å². The van der Waals surface area contributed by atoms with Gasteiger partial charge in [-0.2, -0.15) is 0 Å². The third-order valence-corrected chi connectivity index (χ3v) is 3.23. The van der Waals surface area contributed by atoms with Crippen molar-refractivity contribution < 1.29 is 4.57 Å². The van der Waals surface area contributed by atoms with Gasteiger partial charge in [-0.3, -0.25) is 0 Å². The average molecular weight is 213 g/mol. The number of fused-ring (bicyclic) bond motifs is 1. The van der Waals surface area contributed by atoms with Gasteiger partial charge in [0.1, 0.15) is 0 Å². The van der Waals surface area contributed by atoms with Gasteiger partial charge in [-0.1, -0.05) is 18.2 Å². The first-order valence-electron chi connectivity index (χ1n) is 5.92. The van der Waals surface area contributed by atoms with Crippen molar-refractivity contribution in [3.63, 3.8) is 0 Å². The molecule has 82 valence electrons. The van der Waals surface area contributed by atoms with Crippen LogP contribution in [0.25, 0.3) is 10.8 Å². The van der Waals surface area contributed by atoms with Crippen molar-refractivity contribution in [1.82, 2.24) is 5.32 Å². The lowest BCUT2D eigenvalue weighted by atomic mass is 10.1. The first-order chi connectivity index (χ1) is 7.75. The molecule has 0 radical (unpaired) electrons. The van der Waals surface area contributed by atoms with Crippen molar-refractivity contribution in [2.45, 2.75) is 25.9 Å². The first-order valence-corrected chi connectivity index (χ1v) is 5.92. The van der Waals surface area contributed by atoms with Gasteiger partial charge in [0.25, 0.3) is 0 Å². The van der Waals surface area contributed by atoms with Crippen LogP contribution < -0.4 is 9.88 Å². The first kappa shape index (κ1) is 9.79. The van der Waals surface area contributed by atoms with E-state index in [1.54, 1.807) is 0 Å². The Kier molecular flexibility index (Phi) is 2.18. The largest absolute Gasteiger partial charge is 0.307 e. The Bertz CT molecular complexity index is 527. The van der Waals surface area contributed by atoms with Crippen LogP contribution in [0.5, 0.6) is 0 Å². The lowest BCUT2D eigenvalue weighted by molar-refractivity contribution is -0.715. The second-order valence-corrected chi connectivity index (χ2v) is 4.80. The fourth-order valence-corrected chi connectivity index (χ4v) is 2.16. The number of nitrogens with one attached hydrogen (secondary N) is 1. The molecule has 16 heavy (non-hydrogen) atoms. The van der Waals surface area contributed by atoms with Gasteiger partial charge < -0.3 is 5.32 Å². The molecule has 1 aromatic heterocycles. The van der Waals surface area contributed by atoms with Crippen molar-refractivity contribution in [2.24, 2.45) is 0 Å². The normalized spacial score (nSPS) is 19.3. The minimum absolute atomic E-state index is 0.516. The van der Waals surface area contributed by atoms with E-state index >= 15 is 0 Å². The van der Waals surface area contributed by atoms with E-state index in [1.807, 2.05) is 0 Å². The van der Waals surface area contributed by atoms with Crippen molar-refractivity contribution in [3.8, 4) is 0 Å². The van der Waals surface area contributed by atoms with Crippen LogP contribution in [0.3, 0.4) is 0 Å². The highest BCUT2D eigenvalue weighted by atomic mass is 15.1. The highest BCUT2D eigenvalue weighted by molar-refractivity contribution is 5.84. The molecular formula is C14H17N2+. The summed E-state index contributed by atoms with van der Waals surface area (Å²) in [6.45, 7) is 5.56. The molecule has 0 amide bonds. The molecule has 1 fully saturated rings. The zero-order valence-corrected chi connectivity index (χ0v) is 9.77.